The summed E-state index contributed by atoms with van der Waals surface area (Å²) in [6.45, 7) is 7.49. The lowest BCUT2D eigenvalue weighted by Gasteiger charge is -2.14. The van der Waals surface area contributed by atoms with Crippen LogP contribution in [-0.2, 0) is 19.5 Å². The topological polar surface area (TPSA) is 72.7 Å². The number of guanidine groups is 1. The van der Waals surface area contributed by atoms with E-state index in [1.54, 1.807) is 13.2 Å². The van der Waals surface area contributed by atoms with Crippen molar-refractivity contribution in [3.8, 4) is 11.5 Å². The van der Waals surface area contributed by atoms with Crippen molar-refractivity contribution in [1.29, 1.82) is 0 Å². The lowest BCUT2D eigenvalue weighted by atomic mass is 10.1. The summed E-state index contributed by atoms with van der Waals surface area (Å²) in [5, 5.41) is 6.75. The number of rotatable bonds is 11. The maximum absolute atomic E-state index is 5.72. The first-order valence-electron chi connectivity index (χ1n) is 11.1. The van der Waals surface area contributed by atoms with E-state index in [2.05, 4.69) is 61.6 Å². The van der Waals surface area contributed by atoms with E-state index in [4.69, 9.17) is 9.47 Å². The Morgan fingerprint density at radius 3 is 2.34 bits per heavy atom. The van der Waals surface area contributed by atoms with Crippen LogP contribution in [0.2, 0.25) is 0 Å². The molecule has 0 amide bonds. The summed E-state index contributed by atoms with van der Waals surface area (Å²) < 4.78 is 13.4. The van der Waals surface area contributed by atoms with Gasteiger partial charge in [0.1, 0.15) is 0 Å². The van der Waals surface area contributed by atoms with Crippen molar-refractivity contribution in [2.45, 2.75) is 33.4 Å². The van der Waals surface area contributed by atoms with Crippen molar-refractivity contribution in [3.63, 3.8) is 0 Å². The quantitative estimate of drug-likeness (QED) is 0.355. The Morgan fingerprint density at radius 2 is 1.66 bits per heavy atom. The first-order valence-corrected chi connectivity index (χ1v) is 11.1. The van der Waals surface area contributed by atoms with E-state index in [9.17, 15) is 0 Å². The van der Waals surface area contributed by atoms with Gasteiger partial charge in [0.25, 0.3) is 0 Å². The van der Waals surface area contributed by atoms with Crippen LogP contribution in [0.3, 0.4) is 0 Å². The minimum atomic E-state index is 0.614. The van der Waals surface area contributed by atoms with Crippen molar-refractivity contribution in [1.82, 2.24) is 20.2 Å². The van der Waals surface area contributed by atoms with Gasteiger partial charge in [-0.1, -0.05) is 30.3 Å². The van der Waals surface area contributed by atoms with Gasteiger partial charge in [-0.2, -0.15) is 0 Å². The lowest BCUT2D eigenvalue weighted by Crippen LogP contribution is -2.37. The first kappa shape index (κ1) is 23.2. The maximum Gasteiger partial charge on any atom is 0.191 e. The fraction of sp³-hybridized carbons (Fsp3) is 0.360. The Labute approximate surface area is 190 Å². The third kappa shape index (κ3) is 7.04. The lowest BCUT2D eigenvalue weighted by molar-refractivity contribution is 0.287. The van der Waals surface area contributed by atoms with Gasteiger partial charge in [-0.3, -0.25) is 4.99 Å². The van der Waals surface area contributed by atoms with Crippen LogP contribution in [0.1, 0.15) is 30.5 Å². The van der Waals surface area contributed by atoms with Gasteiger partial charge in [0, 0.05) is 39.1 Å². The predicted octanol–water partition coefficient (Wildman–Crippen LogP) is 3.64. The molecule has 7 nitrogen and oxygen atoms in total. The summed E-state index contributed by atoms with van der Waals surface area (Å²) in [7, 11) is 1.79. The molecule has 2 N–H and O–H groups in total. The Bertz CT molecular complexity index is 969. The molecule has 0 saturated carbocycles. The summed E-state index contributed by atoms with van der Waals surface area (Å²) in [5.74, 6) is 2.37. The molecule has 0 aliphatic carbocycles. The van der Waals surface area contributed by atoms with Crippen molar-refractivity contribution < 1.29 is 9.47 Å². The zero-order valence-electron chi connectivity index (χ0n) is 19.2. The molecule has 1 heterocycles. The van der Waals surface area contributed by atoms with E-state index in [0.29, 0.717) is 19.8 Å². The van der Waals surface area contributed by atoms with Crippen LogP contribution in [0.15, 0.2) is 66.2 Å². The van der Waals surface area contributed by atoms with Gasteiger partial charge in [-0.25, -0.2) is 4.98 Å². The molecule has 0 aliphatic rings. The minimum Gasteiger partial charge on any atom is -0.490 e. The predicted molar refractivity (Wildman–Crippen MR) is 128 cm³/mol. The zero-order chi connectivity index (χ0) is 22.6. The fourth-order valence-electron chi connectivity index (χ4n) is 3.34. The van der Waals surface area contributed by atoms with E-state index in [-0.39, 0.29) is 0 Å². The molecule has 0 radical (unpaired) electrons. The van der Waals surface area contributed by atoms with Gasteiger partial charge in [0.05, 0.1) is 19.5 Å². The largest absolute Gasteiger partial charge is 0.490 e. The number of ether oxygens (including phenoxy) is 2. The molecule has 1 aromatic heterocycles. The zero-order valence-corrected chi connectivity index (χ0v) is 19.2. The van der Waals surface area contributed by atoms with Gasteiger partial charge in [0.2, 0.25) is 0 Å². The molecule has 0 spiro atoms. The Kier molecular flexibility index (Phi) is 8.98. The summed E-state index contributed by atoms with van der Waals surface area (Å²) in [4.78, 5) is 8.41. The SMILES string of the molecule is CCOc1ccc(CCNC(=NC)NCc2ccc(Cn3ccnc3)cc2)cc1OCC. The standard InChI is InChI=1S/C25H33N5O2/c1-4-31-23-11-10-20(16-24(23)32-5-2)12-13-28-25(26-3)29-17-21-6-8-22(9-7-21)18-30-15-14-27-19-30/h6-11,14-16,19H,4-5,12-13,17-18H2,1-3H3,(H2,26,28,29). The second-order valence-electron chi connectivity index (χ2n) is 7.30. The van der Waals surface area contributed by atoms with Crippen LogP contribution in [0.4, 0.5) is 0 Å². The Balaban J connectivity index is 1.45. The Hall–Kier alpha value is -3.48. The number of benzene rings is 2. The molecule has 0 bridgehead atoms. The van der Waals surface area contributed by atoms with Crippen LogP contribution in [0.5, 0.6) is 11.5 Å². The second kappa shape index (κ2) is 12.4. The van der Waals surface area contributed by atoms with Crippen LogP contribution < -0.4 is 20.1 Å². The summed E-state index contributed by atoms with van der Waals surface area (Å²) in [5.41, 5.74) is 3.64. The smallest absolute Gasteiger partial charge is 0.191 e. The number of nitrogens with zero attached hydrogens (tertiary/aromatic N) is 3. The molecule has 170 valence electrons. The molecule has 0 atom stereocenters. The van der Waals surface area contributed by atoms with Crippen molar-refractivity contribution in [3.05, 3.63) is 77.9 Å². The highest BCUT2D eigenvalue weighted by Crippen LogP contribution is 2.28. The maximum atomic E-state index is 5.72. The highest BCUT2D eigenvalue weighted by atomic mass is 16.5. The summed E-state index contributed by atoms with van der Waals surface area (Å²) >= 11 is 0. The van der Waals surface area contributed by atoms with Crippen molar-refractivity contribution in [2.75, 3.05) is 26.8 Å². The van der Waals surface area contributed by atoms with E-state index in [0.717, 1.165) is 37.0 Å². The normalized spacial score (nSPS) is 11.3. The molecule has 0 fully saturated rings. The van der Waals surface area contributed by atoms with Gasteiger partial charge in [-0.15, -0.1) is 0 Å². The van der Waals surface area contributed by atoms with Crippen LogP contribution in [0.25, 0.3) is 0 Å². The molecule has 0 unspecified atom stereocenters. The molecule has 0 saturated heterocycles. The number of aliphatic imine (C=N–C) groups is 1. The third-order valence-corrected chi connectivity index (χ3v) is 4.94. The number of nitrogens with one attached hydrogen (secondary N) is 2. The fourth-order valence-corrected chi connectivity index (χ4v) is 3.34. The molecule has 0 aliphatic heterocycles. The molecular weight excluding hydrogens is 402 g/mol. The van der Waals surface area contributed by atoms with E-state index in [1.807, 2.05) is 32.4 Å². The van der Waals surface area contributed by atoms with E-state index >= 15 is 0 Å². The van der Waals surface area contributed by atoms with Gasteiger partial charge < -0.3 is 24.7 Å². The molecular formula is C25H33N5O2. The number of aromatic nitrogens is 2. The van der Waals surface area contributed by atoms with E-state index in [1.165, 1.54) is 16.7 Å². The molecule has 2 aromatic carbocycles. The molecule has 3 aromatic rings. The first-order chi connectivity index (χ1) is 15.7. The van der Waals surface area contributed by atoms with Crippen molar-refractivity contribution in [2.24, 2.45) is 4.99 Å². The third-order valence-electron chi connectivity index (χ3n) is 4.94. The number of imidazole rings is 1. The van der Waals surface area contributed by atoms with Crippen LogP contribution in [0, 0.1) is 0 Å². The average Bonchev–Trinajstić information content (AvgIpc) is 3.32. The van der Waals surface area contributed by atoms with Crippen molar-refractivity contribution >= 4 is 5.96 Å². The Morgan fingerprint density at radius 1 is 0.938 bits per heavy atom. The molecule has 3 rings (SSSR count). The van der Waals surface area contributed by atoms with Crippen LogP contribution >= 0.6 is 0 Å². The van der Waals surface area contributed by atoms with Crippen LogP contribution in [-0.4, -0.2) is 42.3 Å². The monoisotopic (exact) mass is 435 g/mol. The molecule has 7 heteroatoms. The van der Waals surface area contributed by atoms with Gasteiger partial charge >= 0.3 is 0 Å². The number of hydrogen-bond donors (Lipinski definition) is 2. The summed E-state index contributed by atoms with van der Waals surface area (Å²) in [6, 6.07) is 14.7. The second-order valence-corrected chi connectivity index (χ2v) is 7.30. The molecule has 32 heavy (non-hydrogen) atoms. The number of hydrogen-bond acceptors (Lipinski definition) is 4. The minimum absolute atomic E-state index is 0.614. The highest BCUT2D eigenvalue weighted by Gasteiger charge is 2.07. The summed E-state index contributed by atoms with van der Waals surface area (Å²) in [6.07, 6.45) is 6.45. The van der Waals surface area contributed by atoms with E-state index < -0.39 is 0 Å². The van der Waals surface area contributed by atoms with Gasteiger partial charge in [-0.05, 0) is 49.1 Å². The average molecular weight is 436 g/mol. The van der Waals surface area contributed by atoms with Gasteiger partial charge in [0.15, 0.2) is 17.5 Å². The highest BCUT2D eigenvalue weighted by molar-refractivity contribution is 5.79.